The summed E-state index contributed by atoms with van der Waals surface area (Å²) in [5.41, 5.74) is 7.21. The van der Waals surface area contributed by atoms with E-state index in [1.165, 1.54) is 5.56 Å². The van der Waals surface area contributed by atoms with Crippen molar-refractivity contribution in [3.05, 3.63) is 58.9 Å². The van der Waals surface area contributed by atoms with E-state index in [1.54, 1.807) is 30.6 Å². The van der Waals surface area contributed by atoms with Crippen molar-refractivity contribution in [2.45, 2.75) is 12.8 Å². The number of amidine groups is 1. The molecule has 21 heavy (non-hydrogen) atoms. The molecule has 0 spiro atoms. The highest BCUT2D eigenvalue weighted by molar-refractivity contribution is 6.34. The number of benzene rings is 1. The van der Waals surface area contributed by atoms with E-state index in [0.29, 0.717) is 22.9 Å². The Morgan fingerprint density at radius 2 is 2.05 bits per heavy atom. The van der Waals surface area contributed by atoms with E-state index >= 15 is 0 Å². The van der Waals surface area contributed by atoms with Gasteiger partial charge in [0.1, 0.15) is 5.75 Å². The molecule has 0 unspecified atom stereocenters. The maximum absolute atomic E-state index is 8.63. The van der Waals surface area contributed by atoms with Crippen LogP contribution in [0.2, 0.25) is 5.02 Å². The van der Waals surface area contributed by atoms with Crippen LogP contribution >= 0.6 is 11.6 Å². The fourth-order valence-electron chi connectivity index (χ4n) is 1.86. The number of rotatable bonds is 6. The standard InChI is InChI=1S/C15H16ClN3O2/c16-14-10-12(3-4-13(14)15(17)19-20)21-9-1-2-11-5-7-18-8-6-11/h3-8,10,20H,1-2,9H2,(H2,17,19). The highest BCUT2D eigenvalue weighted by Crippen LogP contribution is 2.22. The zero-order chi connectivity index (χ0) is 15.1. The summed E-state index contributed by atoms with van der Waals surface area (Å²) in [5, 5.41) is 11.9. The summed E-state index contributed by atoms with van der Waals surface area (Å²) < 4.78 is 5.63. The summed E-state index contributed by atoms with van der Waals surface area (Å²) >= 11 is 6.05. The number of aromatic nitrogens is 1. The molecule has 2 rings (SSSR count). The van der Waals surface area contributed by atoms with E-state index < -0.39 is 0 Å². The first-order valence-corrected chi connectivity index (χ1v) is 6.87. The van der Waals surface area contributed by atoms with Crippen LogP contribution in [0, 0.1) is 0 Å². The zero-order valence-corrected chi connectivity index (χ0v) is 12.1. The molecule has 2 aromatic rings. The van der Waals surface area contributed by atoms with Crippen LogP contribution in [0.15, 0.2) is 47.9 Å². The summed E-state index contributed by atoms with van der Waals surface area (Å²) in [6.45, 7) is 0.585. The lowest BCUT2D eigenvalue weighted by atomic mass is 10.1. The third kappa shape index (κ3) is 4.36. The Bertz CT molecular complexity index is 618. The third-order valence-corrected chi connectivity index (χ3v) is 3.26. The number of aryl methyl sites for hydroxylation is 1. The molecular weight excluding hydrogens is 290 g/mol. The lowest BCUT2D eigenvalue weighted by molar-refractivity contribution is 0.311. The fourth-order valence-corrected chi connectivity index (χ4v) is 2.13. The molecule has 0 atom stereocenters. The predicted octanol–water partition coefficient (Wildman–Crippen LogP) is 2.84. The Morgan fingerprint density at radius 1 is 1.29 bits per heavy atom. The Balaban J connectivity index is 1.85. The molecule has 0 radical (unpaired) electrons. The monoisotopic (exact) mass is 305 g/mol. The Hall–Kier alpha value is -2.27. The first-order chi connectivity index (χ1) is 10.2. The Kier molecular flexibility index (Phi) is 5.40. The van der Waals surface area contributed by atoms with Gasteiger partial charge in [-0.25, -0.2) is 0 Å². The summed E-state index contributed by atoms with van der Waals surface area (Å²) in [6.07, 6.45) is 5.38. The smallest absolute Gasteiger partial charge is 0.171 e. The average molecular weight is 306 g/mol. The maximum atomic E-state index is 8.63. The maximum Gasteiger partial charge on any atom is 0.171 e. The van der Waals surface area contributed by atoms with Crippen molar-refractivity contribution in [1.82, 2.24) is 4.98 Å². The minimum atomic E-state index is -0.0239. The molecule has 3 N–H and O–H groups in total. The summed E-state index contributed by atoms with van der Waals surface area (Å²) in [5.74, 6) is 0.633. The normalized spacial score (nSPS) is 11.4. The fraction of sp³-hybridized carbons (Fsp3) is 0.200. The highest BCUT2D eigenvalue weighted by Gasteiger charge is 2.06. The second kappa shape index (κ2) is 7.50. The molecule has 1 heterocycles. The molecule has 0 saturated heterocycles. The van der Waals surface area contributed by atoms with Gasteiger partial charge in [0, 0.05) is 18.0 Å². The molecular formula is C15H16ClN3O2. The third-order valence-electron chi connectivity index (χ3n) is 2.95. The summed E-state index contributed by atoms with van der Waals surface area (Å²) in [4.78, 5) is 3.98. The molecule has 1 aromatic carbocycles. The van der Waals surface area contributed by atoms with Crippen molar-refractivity contribution in [2.75, 3.05) is 6.61 Å². The molecule has 0 aliphatic carbocycles. The second-order valence-corrected chi connectivity index (χ2v) is 4.84. The van der Waals surface area contributed by atoms with E-state index in [4.69, 9.17) is 27.3 Å². The van der Waals surface area contributed by atoms with Crippen molar-refractivity contribution in [1.29, 1.82) is 0 Å². The number of halogens is 1. The molecule has 1 aromatic heterocycles. The molecule has 0 amide bonds. The van der Waals surface area contributed by atoms with Gasteiger partial charge in [-0.05, 0) is 48.7 Å². The van der Waals surface area contributed by atoms with Gasteiger partial charge < -0.3 is 15.7 Å². The summed E-state index contributed by atoms with van der Waals surface area (Å²) in [7, 11) is 0. The largest absolute Gasteiger partial charge is 0.494 e. The van der Waals surface area contributed by atoms with Gasteiger partial charge in [0.15, 0.2) is 5.84 Å². The van der Waals surface area contributed by atoms with Gasteiger partial charge in [0.2, 0.25) is 0 Å². The SMILES string of the molecule is NC(=NO)c1ccc(OCCCc2ccncc2)cc1Cl. The lowest BCUT2D eigenvalue weighted by Gasteiger charge is -2.08. The van der Waals surface area contributed by atoms with E-state index in [-0.39, 0.29) is 5.84 Å². The van der Waals surface area contributed by atoms with Gasteiger partial charge in [0.25, 0.3) is 0 Å². The van der Waals surface area contributed by atoms with Gasteiger partial charge in [-0.15, -0.1) is 0 Å². The van der Waals surface area contributed by atoms with Crippen molar-refractivity contribution in [3.63, 3.8) is 0 Å². The van der Waals surface area contributed by atoms with E-state index in [2.05, 4.69) is 10.1 Å². The predicted molar refractivity (Wildman–Crippen MR) is 82.0 cm³/mol. The molecule has 0 aliphatic heterocycles. The highest BCUT2D eigenvalue weighted by atomic mass is 35.5. The van der Waals surface area contributed by atoms with E-state index in [0.717, 1.165) is 12.8 Å². The van der Waals surface area contributed by atoms with Gasteiger partial charge in [-0.1, -0.05) is 16.8 Å². The number of pyridine rings is 1. The Labute approximate surface area is 128 Å². The number of nitrogens with two attached hydrogens (primary N) is 1. The van der Waals surface area contributed by atoms with Gasteiger partial charge in [-0.3, -0.25) is 4.98 Å². The van der Waals surface area contributed by atoms with Crippen LogP contribution in [0.5, 0.6) is 5.75 Å². The molecule has 0 aliphatic rings. The number of nitrogens with zero attached hydrogens (tertiary/aromatic N) is 2. The number of hydrogen-bond acceptors (Lipinski definition) is 4. The van der Waals surface area contributed by atoms with Crippen molar-refractivity contribution < 1.29 is 9.94 Å². The molecule has 0 fully saturated rings. The lowest BCUT2D eigenvalue weighted by Crippen LogP contribution is -2.13. The molecule has 0 saturated carbocycles. The van der Waals surface area contributed by atoms with Crippen LogP contribution in [0.3, 0.4) is 0 Å². The van der Waals surface area contributed by atoms with Crippen LogP contribution in [0.4, 0.5) is 0 Å². The number of hydrogen-bond donors (Lipinski definition) is 2. The minimum Gasteiger partial charge on any atom is -0.494 e. The van der Waals surface area contributed by atoms with Crippen LogP contribution in [-0.2, 0) is 6.42 Å². The zero-order valence-electron chi connectivity index (χ0n) is 11.4. The average Bonchev–Trinajstić information content (AvgIpc) is 2.52. The van der Waals surface area contributed by atoms with E-state index in [9.17, 15) is 0 Å². The minimum absolute atomic E-state index is 0.0239. The van der Waals surface area contributed by atoms with Crippen molar-refractivity contribution in [2.24, 2.45) is 10.9 Å². The Morgan fingerprint density at radius 3 is 2.71 bits per heavy atom. The molecule has 0 bridgehead atoms. The second-order valence-electron chi connectivity index (χ2n) is 4.43. The van der Waals surface area contributed by atoms with Crippen LogP contribution in [0.25, 0.3) is 0 Å². The van der Waals surface area contributed by atoms with Gasteiger partial charge >= 0.3 is 0 Å². The van der Waals surface area contributed by atoms with Crippen LogP contribution < -0.4 is 10.5 Å². The molecule has 110 valence electrons. The molecule has 5 nitrogen and oxygen atoms in total. The van der Waals surface area contributed by atoms with Crippen molar-refractivity contribution in [3.8, 4) is 5.75 Å². The first kappa shape index (κ1) is 15.1. The number of oxime groups is 1. The van der Waals surface area contributed by atoms with Gasteiger partial charge in [0.05, 0.1) is 11.6 Å². The van der Waals surface area contributed by atoms with Crippen molar-refractivity contribution >= 4 is 17.4 Å². The van der Waals surface area contributed by atoms with Gasteiger partial charge in [-0.2, -0.15) is 0 Å². The number of ether oxygens (including phenoxy) is 1. The van der Waals surface area contributed by atoms with Crippen LogP contribution in [0.1, 0.15) is 17.5 Å². The van der Waals surface area contributed by atoms with E-state index in [1.807, 2.05) is 12.1 Å². The quantitative estimate of drug-likeness (QED) is 0.283. The molecule has 6 heteroatoms. The first-order valence-electron chi connectivity index (χ1n) is 6.50. The summed E-state index contributed by atoms with van der Waals surface area (Å²) in [6, 6.07) is 9.04. The van der Waals surface area contributed by atoms with Crippen LogP contribution in [-0.4, -0.2) is 22.6 Å². The topological polar surface area (TPSA) is 80.7 Å².